The van der Waals surface area contributed by atoms with Crippen LogP contribution in [-0.2, 0) is 9.59 Å². The summed E-state index contributed by atoms with van der Waals surface area (Å²) in [6.07, 6.45) is 1.49. The lowest BCUT2D eigenvalue weighted by atomic mass is 10.0. The van der Waals surface area contributed by atoms with Gasteiger partial charge in [-0.25, -0.2) is 0 Å². The van der Waals surface area contributed by atoms with Crippen molar-refractivity contribution < 1.29 is 14.5 Å². The van der Waals surface area contributed by atoms with Gasteiger partial charge in [-0.2, -0.15) is 0 Å². The van der Waals surface area contributed by atoms with Gasteiger partial charge in [-0.3, -0.25) is 24.6 Å². The van der Waals surface area contributed by atoms with Gasteiger partial charge in [0.2, 0.25) is 0 Å². The van der Waals surface area contributed by atoms with E-state index in [0.717, 1.165) is 43.3 Å². The van der Waals surface area contributed by atoms with Gasteiger partial charge in [0.25, 0.3) is 17.5 Å². The van der Waals surface area contributed by atoms with Crippen molar-refractivity contribution in [2.45, 2.75) is 6.92 Å². The van der Waals surface area contributed by atoms with Crippen LogP contribution >= 0.6 is 0 Å². The maximum atomic E-state index is 13.1. The Balaban J connectivity index is 1.60. The SMILES string of the molecule is C=CCN1C(=O)C(Nc2ccc(N3CCN(CC)CC3)cc2)=C(c2ccc([N+](=O)[O-])cc2)C1=O. The van der Waals surface area contributed by atoms with Crippen molar-refractivity contribution >= 4 is 34.4 Å². The number of non-ortho nitro benzene ring substituents is 1. The number of benzene rings is 2. The molecule has 0 saturated carbocycles. The van der Waals surface area contributed by atoms with Gasteiger partial charge in [-0.05, 0) is 48.5 Å². The highest BCUT2D eigenvalue weighted by atomic mass is 16.6. The molecule has 0 aromatic heterocycles. The summed E-state index contributed by atoms with van der Waals surface area (Å²) < 4.78 is 0. The fourth-order valence-electron chi connectivity index (χ4n) is 4.23. The van der Waals surface area contributed by atoms with E-state index in [0.29, 0.717) is 11.3 Å². The maximum Gasteiger partial charge on any atom is 0.278 e. The summed E-state index contributed by atoms with van der Waals surface area (Å²) in [5, 5.41) is 14.1. The lowest BCUT2D eigenvalue weighted by Crippen LogP contribution is -2.46. The van der Waals surface area contributed by atoms with Gasteiger partial charge in [0.05, 0.1) is 10.5 Å². The highest BCUT2D eigenvalue weighted by Gasteiger charge is 2.38. The van der Waals surface area contributed by atoms with Crippen LogP contribution in [0.1, 0.15) is 12.5 Å². The van der Waals surface area contributed by atoms with Crippen LogP contribution in [0.4, 0.5) is 17.1 Å². The summed E-state index contributed by atoms with van der Waals surface area (Å²) >= 11 is 0. The van der Waals surface area contributed by atoms with Crippen LogP contribution in [0.15, 0.2) is 66.9 Å². The van der Waals surface area contributed by atoms with E-state index in [2.05, 4.69) is 28.6 Å². The Kier molecular flexibility index (Phi) is 6.74. The lowest BCUT2D eigenvalue weighted by molar-refractivity contribution is -0.384. The van der Waals surface area contributed by atoms with E-state index in [1.54, 1.807) is 0 Å². The number of rotatable bonds is 8. The molecule has 2 aliphatic heterocycles. The van der Waals surface area contributed by atoms with Crippen LogP contribution in [0.2, 0.25) is 0 Å². The Morgan fingerprint density at radius 3 is 2.21 bits per heavy atom. The van der Waals surface area contributed by atoms with Crippen LogP contribution in [0, 0.1) is 10.1 Å². The molecule has 0 atom stereocenters. The molecule has 2 amide bonds. The van der Waals surface area contributed by atoms with Gasteiger partial charge < -0.3 is 15.1 Å². The first kappa shape index (κ1) is 23.2. The molecule has 0 spiro atoms. The summed E-state index contributed by atoms with van der Waals surface area (Å²) in [6, 6.07) is 13.4. The number of carbonyl (C=O) groups is 2. The van der Waals surface area contributed by atoms with E-state index < -0.39 is 16.7 Å². The van der Waals surface area contributed by atoms with E-state index in [-0.39, 0.29) is 23.5 Å². The monoisotopic (exact) mass is 461 g/mol. The first-order chi connectivity index (χ1) is 16.4. The quantitative estimate of drug-likeness (QED) is 0.279. The van der Waals surface area contributed by atoms with Crippen LogP contribution in [0.3, 0.4) is 0 Å². The third-order valence-corrected chi connectivity index (χ3v) is 6.17. The number of nitrogens with zero attached hydrogens (tertiary/aromatic N) is 4. The number of likely N-dealkylation sites (N-methyl/N-ethyl adjacent to an activating group) is 1. The Morgan fingerprint density at radius 1 is 1.00 bits per heavy atom. The first-order valence-corrected chi connectivity index (χ1v) is 11.2. The molecule has 0 aliphatic carbocycles. The number of nitrogens with one attached hydrogen (secondary N) is 1. The second-order valence-electron chi connectivity index (χ2n) is 8.16. The molecule has 9 nitrogen and oxygen atoms in total. The fraction of sp³-hybridized carbons (Fsp3) is 0.280. The van der Waals surface area contributed by atoms with Crippen molar-refractivity contribution in [1.29, 1.82) is 0 Å². The molecule has 0 unspecified atom stereocenters. The van der Waals surface area contributed by atoms with Crippen molar-refractivity contribution in [2.24, 2.45) is 0 Å². The average molecular weight is 462 g/mol. The first-order valence-electron chi connectivity index (χ1n) is 11.2. The molecule has 2 aromatic carbocycles. The molecule has 1 saturated heterocycles. The summed E-state index contributed by atoms with van der Waals surface area (Å²) in [5.74, 6) is -0.926. The van der Waals surface area contributed by atoms with Gasteiger partial charge >= 0.3 is 0 Å². The summed E-state index contributed by atoms with van der Waals surface area (Å²) in [6.45, 7) is 10.9. The maximum absolute atomic E-state index is 13.1. The van der Waals surface area contributed by atoms with Crippen LogP contribution in [-0.4, -0.2) is 65.8 Å². The molecule has 2 aromatic rings. The molecule has 176 valence electrons. The zero-order valence-electron chi connectivity index (χ0n) is 19.1. The Morgan fingerprint density at radius 2 is 1.65 bits per heavy atom. The predicted octanol–water partition coefficient (Wildman–Crippen LogP) is 3.11. The molecule has 9 heteroatoms. The van der Waals surface area contributed by atoms with E-state index in [9.17, 15) is 19.7 Å². The molecule has 0 radical (unpaired) electrons. The second-order valence-corrected chi connectivity index (χ2v) is 8.16. The van der Waals surface area contributed by atoms with E-state index in [4.69, 9.17) is 0 Å². The van der Waals surface area contributed by atoms with Crippen molar-refractivity contribution in [2.75, 3.05) is 49.5 Å². The number of hydrogen-bond acceptors (Lipinski definition) is 7. The topological polar surface area (TPSA) is 99.0 Å². The zero-order valence-corrected chi connectivity index (χ0v) is 19.1. The van der Waals surface area contributed by atoms with Crippen LogP contribution < -0.4 is 10.2 Å². The average Bonchev–Trinajstić information content (AvgIpc) is 3.09. The normalized spacial score (nSPS) is 16.9. The minimum Gasteiger partial charge on any atom is -0.369 e. The summed E-state index contributed by atoms with van der Waals surface area (Å²) in [5.41, 5.74) is 2.45. The molecule has 2 heterocycles. The van der Waals surface area contributed by atoms with Crippen molar-refractivity contribution in [3.8, 4) is 0 Å². The number of piperazine rings is 1. The number of carbonyl (C=O) groups excluding carboxylic acids is 2. The summed E-state index contributed by atoms with van der Waals surface area (Å²) in [4.78, 5) is 42.4. The number of nitro benzene ring substituents is 1. The predicted molar refractivity (Wildman–Crippen MR) is 131 cm³/mol. The van der Waals surface area contributed by atoms with Gasteiger partial charge in [-0.1, -0.05) is 13.0 Å². The Bertz CT molecular complexity index is 1130. The van der Waals surface area contributed by atoms with Gasteiger partial charge in [0.1, 0.15) is 5.70 Å². The molecule has 1 fully saturated rings. The van der Waals surface area contributed by atoms with Crippen molar-refractivity contribution in [1.82, 2.24) is 9.80 Å². The fourth-order valence-corrected chi connectivity index (χ4v) is 4.23. The van der Waals surface area contributed by atoms with E-state index >= 15 is 0 Å². The molecular formula is C25H27N5O4. The minimum absolute atomic E-state index is 0.0714. The molecule has 4 rings (SSSR count). The standard InChI is InChI=1S/C25H27N5O4/c1-3-13-29-24(31)22(18-5-9-21(10-6-18)30(33)34)23(25(29)32)26-19-7-11-20(12-8-19)28-16-14-27(4-2)15-17-28/h3,5-12,26H,1,4,13-17H2,2H3. The Labute approximate surface area is 198 Å². The highest BCUT2D eigenvalue weighted by molar-refractivity contribution is 6.36. The van der Waals surface area contributed by atoms with Crippen molar-refractivity contribution in [3.05, 3.63) is 82.6 Å². The third-order valence-electron chi connectivity index (χ3n) is 6.17. The highest BCUT2D eigenvalue weighted by Crippen LogP contribution is 2.32. The zero-order chi connectivity index (χ0) is 24.2. The number of imide groups is 1. The number of hydrogen-bond donors (Lipinski definition) is 1. The number of anilines is 2. The smallest absolute Gasteiger partial charge is 0.278 e. The lowest BCUT2D eigenvalue weighted by Gasteiger charge is -2.35. The van der Waals surface area contributed by atoms with Crippen LogP contribution in [0.5, 0.6) is 0 Å². The Hall–Kier alpha value is -3.98. The molecule has 34 heavy (non-hydrogen) atoms. The largest absolute Gasteiger partial charge is 0.369 e. The van der Waals surface area contributed by atoms with Gasteiger partial charge in [0.15, 0.2) is 0 Å². The summed E-state index contributed by atoms with van der Waals surface area (Å²) in [7, 11) is 0. The number of nitro groups is 1. The van der Waals surface area contributed by atoms with Crippen LogP contribution in [0.25, 0.3) is 5.57 Å². The van der Waals surface area contributed by atoms with Gasteiger partial charge in [-0.15, -0.1) is 6.58 Å². The molecule has 0 bridgehead atoms. The molecular weight excluding hydrogens is 434 g/mol. The second kappa shape index (κ2) is 9.88. The minimum atomic E-state index is -0.507. The third kappa shape index (κ3) is 4.55. The van der Waals surface area contributed by atoms with E-state index in [1.807, 2.05) is 24.3 Å². The number of amides is 2. The van der Waals surface area contributed by atoms with Crippen molar-refractivity contribution in [3.63, 3.8) is 0 Å². The van der Waals surface area contributed by atoms with Gasteiger partial charge in [0, 0.05) is 56.2 Å². The van der Waals surface area contributed by atoms with E-state index in [1.165, 1.54) is 30.3 Å². The molecule has 2 aliphatic rings. The molecule has 1 N–H and O–H groups in total.